The fraction of sp³-hybridized carbons (Fsp3) is 0.462. The van der Waals surface area contributed by atoms with Gasteiger partial charge in [0.1, 0.15) is 5.56 Å². The molecule has 1 aromatic rings. The van der Waals surface area contributed by atoms with Crippen LogP contribution in [0.3, 0.4) is 0 Å². The molecule has 7 heteroatoms. The van der Waals surface area contributed by atoms with Crippen LogP contribution in [-0.2, 0) is 4.74 Å². The van der Waals surface area contributed by atoms with E-state index in [-0.39, 0.29) is 11.3 Å². The van der Waals surface area contributed by atoms with Crippen LogP contribution in [-0.4, -0.2) is 30.6 Å². The lowest BCUT2D eigenvalue weighted by atomic mass is 10.0. The summed E-state index contributed by atoms with van der Waals surface area (Å²) in [5, 5.41) is 13.6. The van der Waals surface area contributed by atoms with Crippen molar-refractivity contribution in [3.8, 4) is 0 Å². The monoisotopic (exact) mass is 279 g/mol. The normalized spacial score (nSPS) is 15.8. The van der Waals surface area contributed by atoms with Crippen molar-refractivity contribution >= 4 is 17.3 Å². The number of nitrogens with two attached hydrogens (primary N) is 1. The summed E-state index contributed by atoms with van der Waals surface area (Å²) in [4.78, 5) is 22.4. The number of anilines is 1. The molecule has 1 aliphatic rings. The molecular formula is C13H17N3O4. The van der Waals surface area contributed by atoms with E-state index in [2.05, 4.69) is 5.32 Å². The van der Waals surface area contributed by atoms with Crippen molar-refractivity contribution in [2.45, 2.75) is 12.8 Å². The van der Waals surface area contributed by atoms with E-state index in [0.717, 1.165) is 12.8 Å². The van der Waals surface area contributed by atoms with E-state index in [4.69, 9.17) is 10.5 Å². The minimum absolute atomic E-state index is 0.00191. The first kappa shape index (κ1) is 14.3. The van der Waals surface area contributed by atoms with Crippen molar-refractivity contribution < 1.29 is 14.5 Å². The van der Waals surface area contributed by atoms with Crippen molar-refractivity contribution in [1.82, 2.24) is 5.32 Å². The maximum atomic E-state index is 12.1. The van der Waals surface area contributed by atoms with E-state index in [1.54, 1.807) is 0 Å². The Morgan fingerprint density at radius 1 is 1.45 bits per heavy atom. The number of hydrogen-bond acceptors (Lipinski definition) is 5. The zero-order chi connectivity index (χ0) is 14.5. The molecule has 1 amide bonds. The topological polar surface area (TPSA) is 107 Å². The van der Waals surface area contributed by atoms with Gasteiger partial charge in [0.2, 0.25) is 0 Å². The van der Waals surface area contributed by atoms with Crippen molar-refractivity contribution in [2.75, 3.05) is 25.5 Å². The van der Waals surface area contributed by atoms with Crippen LogP contribution in [0.5, 0.6) is 0 Å². The minimum atomic E-state index is -0.581. The number of nitro groups is 1. The number of hydrogen-bond donors (Lipinski definition) is 2. The SMILES string of the molecule is Nc1ccc([N+](=O)[O-])c(C(=O)NCC2CCOCC2)c1. The zero-order valence-electron chi connectivity index (χ0n) is 11.0. The number of nitrogens with zero attached hydrogens (tertiary/aromatic N) is 1. The van der Waals surface area contributed by atoms with Gasteiger partial charge in [-0.15, -0.1) is 0 Å². The smallest absolute Gasteiger partial charge is 0.282 e. The van der Waals surface area contributed by atoms with Crippen LogP contribution in [0.1, 0.15) is 23.2 Å². The molecule has 0 aromatic heterocycles. The Bertz CT molecular complexity index is 512. The zero-order valence-corrected chi connectivity index (χ0v) is 11.0. The summed E-state index contributed by atoms with van der Waals surface area (Å²) in [6, 6.07) is 3.99. The van der Waals surface area contributed by atoms with Crippen LogP contribution in [0.25, 0.3) is 0 Å². The highest BCUT2D eigenvalue weighted by Crippen LogP contribution is 2.21. The third-order valence-electron chi connectivity index (χ3n) is 3.35. The molecule has 1 fully saturated rings. The van der Waals surface area contributed by atoms with Crippen LogP contribution in [0, 0.1) is 16.0 Å². The van der Waals surface area contributed by atoms with Gasteiger partial charge in [-0.3, -0.25) is 14.9 Å². The Morgan fingerprint density at radius 3 is 2.80 bits per heavy atom. The third kappa shape index (κ3) is 3.45. The Hall–Kier alpha value is -2.15. The van der Waals surface area contributed by atoms with Gasteiger partial charge in [0, 0.05) is 31.5 Å². The summed E-state index contributed by atoms with van der Waals surface area (Å²) in [7, 11) is 0. The molecule has 0 radical (unpaired) electrons. The molecule has 3 N–H and O–H groups in total. The number of nitrogen functional groups attached to an aromatic ring is 1. The van der Waals surface area contributed by atoms with E-state index in [1.165, 1.54) is 18.2 Å². The molecular weight excluding hydrogens is 262 g/mol. The van der Waals surface area contributed by atoms with Crippen molar-refractivity contribution in [1.29, 1.82) is 0 Å². The molecule has 0 unspecified atom stereocenters. The van der Waals surface area contributed by atoms with Crippen molar-refractivity contribution in [2.24, 2.45) is 5.92 Å². The number of carbonyl (C=O) groups is 1. The van der Waals surface area contributed by atoms with Gasteiger partial charge in [-0.05, 0) is 30.9 Å². The number of nitrogens with one attached hydrogen (secondary N) is 1. The second-order valence-corrected chi connectivity index (χ2v) is 4.80. The quantitative estimate of drug-likeness (QED) is 0.491. The van der Waals surface area contributed by atoms with Gasteiger partial charge < -0.3 is 15.8 Å². The number of nitro benzene ring substituents is 1. The molecule has 1 aromatic carbocycles. The highest BCUT2D eigenvalue weighted by molar-refractivity contribution is 5.99. The second-order valence-electron chi connectivity index (χ2n) is 4.80. The van der Waals surface area contributed by atoms with Crippen LogP contribution in [0.15, 0.2) is 18.2 Å². The highest BCUT2D eigenvalue weighted by Gasteiger charge is 2.21. The van der Waals surface area contributed by atoms with Gasteiger partial charge in [-0.2, -0.15) is 0 Å². The molecule has 1 heterocycles. The molecule has 108 valence electrons. The summed E-state index contributed by atoms with van der Waals surface area (Å²) in [5.74, 6) is -0.108. The molecule has 0 saturated carbocycles. The lowest BCUT2D eigenvalue weighted by Gasteiger charge is -2.22. The van der Waals surface area contributed by atoms with Gasteiger partial charge >= 0.3 is 0 Å². The van der Waals surface area contributed by atoms with Gasteiger partial charge in [0.15, 0.2) is 0 Å². The molecule has 7 nitrogen and oxygen atoms in total. The van der Waals surface area contributed by atoms with E-state index in [0.29, 0.717) is 31.4 Å². The summed E-state index contributed by atoms with van der Waals surface area (Å²) >= 11 is 0. The van der Waals surface area contributed by atoms with Crippen LogP contribution >= 0.6 is 0 Å². The first-order valence-electron chi connectivity index (χ1n) is 6.48. The summed E-state index contributed by atoms with van der Waals surface area (Å²) in [6.45, 7) is 1.88. The van der Waals surface area contributed by atoms with Crippen LogP contribution in [0.4, 0.5) is 11.4 Å². The molecule has 0 bridgehead atoms. The van der Waals surface area contributed by atoms with Crippen molar-refractivity contribution in [3.05, 3.63) is 33.9 Å². The fourth-order valence-corrected chi connectivity index (χ4v) is 2.18. The molecule has 0 atom stereocenters. The van der Waals surface area contributed by atoms with E-state index in [1.807, 2.05) is 0 Å². The van der Waals surface area contributed by atoms with Gasteiger partial charge in [0.05, 0.1) is 4.92 Å². The van der Waals surface area contributed by atoms with Gasteiger partial charge in [0.25, 0.3) is 11.6 Å². The van der Waals surface area contributed by atoms with E-state index < -0.39 is 10.8 Å². The molecule has 1 saturated heterocycles. The average molecular weight is 279 g/mol. The summed E-state index contributed by atoms with van der Waals surface area (Å²) < 4.78 is 5.24. The van der Waals surface area contributed by atoms with Gasteiger partial charge in [-0.25, -0.2) is 0 Å². The molecule has 2 rings (SSSR count). The van der Waals surface area contributed by atoms with Gasteiger partial charge in [-0.1, -0.05) is 0 Å². The first-order valence-corrected chi connectivity index (χ1v) is 6.48. The maximum absolute atomic E-state index is 12.1. The van der Waals surface area contributed by atoms with Crippen molar-refractivity contribution in [3.63, 3.8) is 0 Å². The molecule has 0 spiro atoms. The standard InChI is InChI=1S/C13H17N3O4/c14-10-1-2-12(16(18)19)11(7-10)13(17)15-8-9-3-5-20-6-4-9/h1-2,7,9H,3-6,8,14H2,(H,15,17). The predicted octanol–water partition coefficient (Wildman–Crippen LogP) is 1.33. The average Bonchev–Trinajstić information content (AvgIpc) is 2.45. The highest BCUT2D eigenvalue weighted by atomic mass is 16.6. The molecule has 0 aliphatic carbocycles. The maximum Gasteiger partial charge on any atom is 0.282 e. The summed E-state index contributed by atoms with van der Waals surface area (Å²) in [5.41, 5.74) is 5.68. The second kappa shape index (κ2) is 6.33. The number of benzene rings is 1. The Kier molecular flexibility index (Phi) is 4.52. The number of amides is 1. The Balaban J connectivity index is 2.04. The predicted molar refractivity (Wildman–Crippen MR) is 73.4 cm³/mol. The largest absolute Gasteiger partial charge is 0.399 e. The number of ether oxygens (including phenoxy) is 1. The molecule has 1 aliphatic heterocycles. The third-order valence-corrected chi connectivity index (χ3v) is 3.35. The number of carbonyl (C=O) groups excluding carboxylic acids is 1. The lowest BCUT2D eigenvalue weighted by molar-refractivity contribution is -0.385. The first-order chi connectivity index (χ1) is 9.58. The molecule has 20 heavy (non-hydrogen) atoms. The minimum Gasteiger partial charge on any atom is -0.399 e. The number of rotatable bonds is 4. The lowest BCUT2D eigenvalue weighted by Crippen LogP contribution is -2.32. The van der Waals surface area contributed by atoms with E-state index in [9.17, 15) is 14.9 Å². The fourth-order valence-electron chi connectivity index (χ4n) is 2.18. The summed E-state index contributed by atoms with van der Waals surface area (Å²) in [6.07, 6.45) is 1.78. The van der Waals surface area contributed by atoms with E-state index >= 15 is 0 Å². The van der Waals surface area contributed by atoms with Crippen LogP contribution < -0.4 is 11.1 Å². The van der Waals surface area contributed by atoms with Crippen LogP contribution in [0.2, 0.25) is 0 Å². The Labute approximate surface area is 116 Å². The Morgan fingerprint density at radius 2 is 2.15 bits per heavy atom.